The zero-order valence-electron chi connectivity index (χ0n) is 17.3. The van der Waals surface area contributed by atoms with Crippen LogP contribution in [-0.2, 0) is 0 Å². The van der Waals surface area contributed by atoms with Crippen molar-refractivity contribution in [2.45, 2.75) is 12.8 Å². The Hall–Kier alpha value is -3.60. The summed E-state index contributed by atoms with van der Waals surface area (Å²) < 4.78 is 29.3. The number of benzene rings is 2. The zero-order chi connectivity index (χ0) is 22.1. The fraction of sp³-hybridized carbons (Fsp3) is 0.304. The average Bonchev–Trinajstić information content (AvgIpc) is 2.77. The lowest BCUT2D eigenvalue weighted by Gasteiger charge is -2.30. The molecule has 4 rings (SSSR count). The summed E-state index contributed by atoms with van der Waals surface area (Å²) >= 11 is 0. The Morgan fingerprint density at radius 2 is 1.90 bits per heavy atom. The first kappa shape index (κ1) is 20.7. The Morgan fingerprint density at radius 1 is 1.16 bits per heavy atom. The third-order valence-corrected chi connectivity index (χ3v) is 5.58. The standard InChI is InChI=1S/C23H21F2N5O/c1-29(2)23(31)17-4-3-15(9-20(17)25)18-10-16(24)11-19-21(18)27-13-28-22(19)30-7-5-14(12-26)6-8-30/h3-4,9-11,13-14H,5-8H2,1-2H3. The van der Waals surface area contributed by atoms with E-state index in [4.69, 9.17) is 5.26 Å². The van der Waals surface area contributed by atoms with Crippen molar-refractivity contribution in [1.29, 1.82) is 5.26 Å². The van der Waals surface area contributed by atoms with E-state index < -0.39 is 17.5 Å². The van der Waals surface area contributed by atoms with Gasteiger partial charge in [-0.1, -0.05) is 6.07 Å². The van der Waals surface area contributed by atoms with Crippen molar-refractivity contribution >= 4 is 22.6 Å². The minimum Gasteiger partial charge on any atom is -0.356 e. The van der Waals surface area contributed by atoms with Crippen LogP contribution in [0.2, 0.25) is 0 Å². The van der Waals surface area contributed by atoms with Crippen molar-refractivity contribution in [2.75, 3.05) is 32.1 Å². The van der Waals surface area contributed by atoms with E-state index in [9.17, 15) is 13.6 Å². The normalized spacial score (nSPS) is 14.5. The van der Waals surface area contributed by atoms with E-state index >= 15 is 0 Å². The highest BCUT2D eigenvalue weighted by molar-refractivity contribution is 6.00. The molecule has 1 fully saturated rings. The number of hydrogen-bond acceptors (Lipinski definition) is 5. The summed E-state index contributed by atoms with van der Waals surface area (Å²) in [5, 5.41) is 9.66. The van der Waals surface area contributed by atoms with Crippen LogP contribution in [0.25, 0.3) is 22.0 Å². The number of fused-ring (bicyclic) bond motifs is 1. The summed E-state index contributed by atoms with van der Waals surface area (Å²) in [6.07, 6.45) is 2.85. The number of rotatable bonds is 3. The molecule has 158 valence electrons. The molecule has 31 heavy (non-hydrogen) atoms. The van der Waals surface area contributed by atoms with Gasteiger partial charge in [-0.15, -0.1) is 0 Å². The number of carbonyl (C=O) groups is 1. The highest BCUT2D eigenvalue weighted by atomic mass is 19.1. The van der Waals surface area contributed by atoms with E-state index in [2.05, 4.69) is 16.0 Å². The van der Waals surface area contributed by atoms with Gasteiger partial charge in [-0.05, 0) is 42.7 Å². The van der Waals surface area contributed by atoms with Crippen molar-refractivity contribution in [2.24, 2.45) is 5.92 Å². The molecule has 0 aliphatic carbocycles. The molecule has 0 bridgehead atoms. The lowest BCUT2D eigenvalue weighted by Crippen LogP contribution is -2.34. The van der Waals surface area contributed by atoms with Crippen LogP contribution in [0.5, 0.6) is 0 Å². The molecule has 0 saturated carbocycles. The molecule has 0 spiro atoms. The predicted molar refractivity (Wildman–Crippen MR) is 113 cm³/mol. The summed E-state index contributed by atoms with van der Waals surface area (Å²) in [4.78, 5) is 24.2. The zero-order valence-corrected chi connectivity index (χ0v) is 17.3. The van der Waals surface area contributed by atoms with Gasteiger partial charge >= 0.3 is 0 Å². The van der Waals surface area contributed by atoms with Gasteiger partial charge in [0.25, 0.3) is 5.91 Å². The number of halogens is 2. The first-order valence-electron chi connectivity index (χ1n) is 9.99. The monoisotopic (exact) mass is 421 g/mol. The summed E-state index contributed by atoms with van der Waals surface area (Å²) in [7, 11) is 3.10. The largest absolute Gasteiger partial charge is 0.356 e. The second-order valence-corrected chi connectivity index (χ2v) is 7.83. The number of anilines is 1. The highest BCUT2D eigenvalue weighted by Crippen LogP contribution is 2.34. The molecule has 1 aliphatic rings. The van der Waals surface area contributed by atoms with Gasteiger partial charge < -0.3 is 9.80 Å². The number of nitriles is 1. The minimum atomic E-state index is -0.679. The molecule has 1 amide bonds. The molecule has 1 saturated heterocycles. The van der Waals surface area contributed by atoms with E-state index in [1.165, 1.54) is 35.5 Å². The van der Waals surface area contributed by atoms with Crippen molar-refractivity contribution in [3.05, 3.63) is 53.9 Å². The fourth-order valence-electron chi connectivity index (χ4n) is 3.91. The quantitative estimate of drug-likeness (QED) is 0.639. The fourth-order valence-corrected chi connectivity index (χ4v) is 3.91. The van der Waals surface area contributed by atoms with Crippen LogP contribution < -0.4 is 4.90 Å². The maximum Gasteiger partial charge on any atom is 0.256 e. The van der Waals surface area contributed by atoms with Gasteiger partial charge in [0.05, 0.1) is 17.1 Å². The molecular formula is C23H21F2N5O. The van der Waals surface area contributed by atoms with Crippen molar-refractivity contribution in [1.82, 2.24) is 14.9 Å². The summed E-state index contributed by atoms with van der Waals surface area (Å²) in [6.45, 7) is 1.29. The Kier molecular flexibility index (Phi) is 5.51. The molecule has 0 radical (unpaired) electrons. The van der Waals surface area contributed by atoms with E-state index in [1.807, 2.05) is 4.90 Å². The second-order valence-electron chi connectivity index (χ2n) is 7.83. The summed E-state index contributed by atoms with van der Waals surface area (Å²) in [5.41, 5.74) is 1.29. The summed E-state index contributed by atoms with van der Waals surface area (Å²) in [5.74, 6) is -0.996. The lowest BCUT2D eigenvalue weighted by molar-refractivity contribution is 0.0823. The molecule has 6 nitrogen and oxygen atoms in total. The van der Waals surface area contributed by atoms with Gasteiger partial charge in [-0.3, -0.25) is 4.79 Å². The van der Waals surface area contributed by atoms with E-state index in [1.54, 1.807) is 20.2 Å². The number of carbonyl (C=O) groups excluding carboxylic acids is 1. The van der Waals surface area contributed by atoms with Crippen molar-refractivity contribution in [3.63, 3.8) is 0 Å². The minimum absolute atomic E-state index is 0.0167. The molecule has 2 heterocycles. The van der Waals surface area contributed by atoms with E-state index in [0.717, 1.165) is 12.8 Å². The summed E-state index contributed by atoms with van der Waals surface area (Å²) in [6, 6.07) is 9.20. The smallest absolute Gasteiger partial charge is 0.256 e. The Bertz CT molecular complexity index is 1200. The average molecular weight is 421 g/mol. The number of amides is 1. The van der Waals surface area contributed by atoms with Crippen LogP contribution in [0.15, 0.2) is 36.7 Å². The van der Waals surface area contributed by atoms with Crippen molar-refractivity contribution < 1.29 is 13.6 Å². The molecule has 8 heteroatoms. The first-order chi connectivity index (χ1) is 14.9. The molecule has 3 aromatic rings. The van der Waals surface area contributed by atoms with Gasteiger partial charge in [0.15, 0.2) is 0 Å². The Morgan fingerprint density at radius 3 is 2.55 bits per heavy atom. The maximum atomic E-state index is 14.7. The molecule has 1 aliphatic heterocycles. The molecule has 1 aromatic heterocycles. The highest BCUT2D eigenvalue weighted by Gasteiger charge is 2.23. The molecule has 0 atom stereocenters. The van der Waals surface area contributed by atoms with Gasteiger partial charge in [-0.25, -0.2) is 18.7 Å². The van der Waals surface area contributed by atoms with Crippen LogP contribution in [0, 0.1) is 28.9 Å². The topological polar surface area (TPSA) is 73.1 Å². The van der Waals surface area contributed by atoms with Gasteiger partial charge in [-0.2, -0.15) is 5.26 Å². The van der Waals surface area contributed by atoms with Crippen LogP contribution in [-0.4, -0.2) is 48.0 Å². The lowest BCUT2D eigenvalue weighted by atomic mass is 9.97. The number of hydrogen-bond donors (Lipinski definition) is 0. The van der Waals surface area contributed by atoms with Crippen LogP contribution in [0.3, 0.4) is 0 Å². The van der Waals surface area contributed by atoms with E-state index in [-0.39, 0.29) is 11.5 Å². The molecule has 2 aromatic carbocycles. The van der Waals surface area contributed by atoms with Crippen LogP contribution in [0.4, 0.5) is 14.6 Å². The number of piperidine rings is 1. The second kappa shape index (κ2) is 8.26. The van der Waals surface area contributed by atoms with Crippen LogP contribution >= 0.6 is 0 Å². The Labute approximate surface area is 178 Å². The van der Waals surface area contributed by atoms with E-state index in [0.29, 0.717) is 40.9 Å². The molecular weight excluding hydrogens is 400 g/mol. The maximum absolute atomic E-state index is 14.7. The van der Waals surface area contributed by atoms with Crippen molar-refractivity contribution in [3.8, 4) is 17.2 Å². The SMILES string of the molecule is CN(C)C(=O)c1ccc(-c2cc(F)cc3c(N4CCC(C#N)CC4)ncnc23)cc1F. The third-order valence-electron chi connectivity index (χ3n) is 5.58. The third kappa shape index (κ3) is 3.91. The number of nitrogens with zero attached hydrogens (tertiary/aromatic N) is 5. The molecule has 0 N–H and O–H groups in total. The first-order valence-corrected chi connectivity index (χ1v) is 9.99. The molecule has 0 unspecified atom stereocenters. The van der Waals surface area contributed by atoms with Crippen LogP contribution in [0.1, 0.15) is 23.2 Å². The number of aromatic nitrogens is 2. The predicted octanol–water partition coefficient (Wildman–Crippen LogP) is 4.02. The van der Waals surface area contributed by atoms with Gasteiger partial charge in [0.2, 0.25) is 0 Å². The van der Waals surface area contributed by atoms with Gasteiger partial charge in [0, 0.05) is 44.1 Å². The Balaban J connectivity index is 1.79. The van der Waals surface area contributed by atoms with Gasteiger partial charge in [0.1, 0.15) is 23.8 Å².